The van der Waals surface area contributed by atoms with Crippen molar-refractivity contribution in [3.05, 3.63) is 43.0 Å². The molecule has 0 heterocycles. The van der Waals surface area contributed by atoms with Gasteiger partial charge in [-0.25, -0.2) is 4.79 Å². The molecule has 0 amide bonds. The molecule has 0 aliphatic rings. The molecule has 1 aromatic carbocycles. The third kappa shape index (κ3) is 7.56. The molecule has 0 bridgehead atoms. The average molecular weight is 280 g/mol. The highest BCUT2D eigenvalue weighted by Crippen LogP contribution is 2.08. The van der Waals surface area contributed by atoms with Crippen molar-refractivity contribution >= 4 is 5.97 Å². The largest absolute Gasteiger partial charge is 0.491 e. The van der Waals surface area contributed by atoms with Crippen LogP contribution in [0.15, 0.2) is 43.0 Å². The van der Waals surface area contributed by atoms with Crippen molar-refractivity contribution in [2.24, 2.45) is 0 Å². The van der Waals surface area contributed by atoms with E-state index in [-0.39, 0.29) is 19.8 Å². The maximum absolute atomic E-state index is 10.7. The van der Waals surface area contributed by atoms with Gasteiger partial charge in [0.25, 0.3) is 0 Å². The Morgan fingerprint density at radius 2 is 2.00 bits per heavy atom. The van der Waals surface area contributed by atoms with Crippen LogP contribution in [0.5, 0.6) is 5.75 Å². The van der Waals surface area contributed by atoms with Gasteiger partial charge in [0.1, 0.15) is 18.5 Å². The zero-order valence-electron chi connectivity index (χ0n) is 11.4. The van der Waals surface area contributed by atoms with Crippen molar-refractivity contribution in [1.29, 1.82) is 0 Å². The van der Waals surface area contributed by atoms with Crippen molar-refractivity contribution < 1.29 is 24.1 Å². The summed E-state index contributed by atoms with van der Waals surface area (Å²) in [6, 6.07) is 9.26. The lowest BCUT2D eigenvalue weighted by molar-refractivity contribution is -0.138. The minimum absolute atomic E-state index is 0.176. The summed E-state index contributed by atoms with van der Waals surface area (Å²) in [4.78, 5) is 10.7. The van der Waals surface area contributed by atoms with Gasteiger partial charge in [0.05, 0.1) is 13.2 Å². The van der Waals surface area contributed by atoms with Crippen molar-refractivity contribution in [2.75, 3.05) is 26.4 Å². The Morgan fingerprint density at radius 1 is 1.25 bits per heavy atom. The van der Waals surface area contributed by atoms with E-state index in [4.69, 9.17) is 14.2 Å². The maximum atomic E-state index is 10.7. The lowest BCUT2D eigenvalue weighted by Gasteiger charge is -2.12. The zero-order valence-corrected chi connectivity index (χ0v) is 11.4. The summed E-state index contributed by atoms with van der Waals surface area (Å²) in [5.74, 6) is 0.268. The van der Waals surface area contributed by atoms with E-state index in [0.717, 1.165) is 6.08 Å². The number of ether oxygens (including phenoxy) is 3. The highest BCUT2D eigenvalue weighted by molar-refractivity contribution is 5.81. The van der Waals surface area contributed by atoms with Gasteiger partial charge in [0, 0.05) is 19.1 Å². The number of carbonyl (C=O) groups is 1. The van der Waals surface area contributed by atoms with E-state index in [1.165, 1.54) is 0 Å². The lowest BCUT2D eigenvalue weighted by atomic mass is 10.3. The molecule has 5 heteroatoms. The first kappa shape index (κ1) is 16.2. The van der Waals surface area contributed by atoms with Crippen LogP contribution in [-0.2, 0) is 14.3 Å². The number of benzene rings is 1. The number of esters is 1. The zero-order chi connectivity index (χ0) is 14.6. The van der Waals surface area contributed by atoms with E-state index in [0.29, 0.717) is 18.8 Å². The molecular formula is C15H20O5. The SMILES string of the molecule is C=CC(=O)OCCCOCC(O)COc1ccccc1. The number of hydrogen-bond donors (Lipinski definition) is 1. The molecular weight excluding hydrogens is 260 g/mol. The predicted molar refractivity (Wildman–Crippen MR) is 74.5 cm³/mol. The number of hydrogen-bond acceptors (Lipinski definition) is 5. The molecule has 110 valence electrons. The van der Waals surface area contributed by atoms with E-state index < -0.39 is 12.1 Å². The molecule has 0 aliphatic heterocycles. The van der Waals surface area contributed by atoms with Crippen molar-refractivity contribution in [3.63, 3.8) is 0 Å². The number of rotatable bonds is 10. The van der Waals surface area contributed by atoms with E-state index in [1.807, 2.05) is 30.3 Å². The molecule has 1 N–H and O–H groups in total. The smallest absolute Gasteiger partial charge is 0.330 e. The molecule has 0 radical (unpaired) electrons. The fourth-order valence-corrected chi connectivity index (χ4v) is 1.37. The standard InChI is InChI=1S/C15H20O5/c1-2-15(17)19-10-6-9-18-11-13(16)12-20-14-7-4-3-5-8-14/h2-5,7-8,13,16H,1,6,9-12H2. The number of aliphatic hydroxyl groups is 1. The van der Waals surface area contributed by atoms with Crippen LogP contribution < -0.4 is 4.74 Å². The Hall–Kier alpha value is -1.85. The minimum atomic E-state index is -0.689. The van der Waals surface area contributed by atoms with Gasteiger partial charge in [0.15, 0.2) is 0 Å². The molecule has 0 aliphatic carbocycles. The lowest BCUT2D eigenvalue weighted by Crippen LogP contribution is -2.24. The second-order valence-corrected chi connectivity index (χ2v) is 4.08. The van der Waals surface area contributed by atoms with Crippen molar-refractivity contribution in [2.45, 2.75) is 12.5 Å². The van der Waals surface area contributed by atoms with Crippen LogP contribution >= 0.6 is 0 Å². The molecule has 1 aromatic rings. The van der Waals surface area contributed by atoms with Crippen LogP contribution in [-0.4, -0.2) is 43.6 Å². The maximum Gasteiger partial charge on any atom is 0.330 e. The van der Waals surface area contributed by atoms with E-state index in [1.54, 1.807) is 0 Å². The normalized spacial score (nSPS) is 11.7. The molecule has 0 saturated heterocycles. The first-order valence-corrected chi connectivity index (χ1v) is 6.45. The first-order valence-electron chi connectivity index (χ1n) is 6.45. The predicted octanol–water partition coefficient (Wildman–Crippen LogP) is 1.56. The van der Waals surface area contributed by atoms with E-state index >= 15 is 0 Å². The van der Waals surface area contributed by atoms with Crippen molar-refractivity contribution in [3.8, 4) is 5.75 Å². The molecule has 1 rings (SSSR count). The molecule has 0 fully saturated rings. The Balaban J connectivity index is 1.99. The second kappa shape index (κ2) is 10.00. The van der Waals surface area contributed by atoms with Gasteiger partial charge in [-0.3, -0.25) is 0 Å². The second-order valence-electron chi connectivity index (χ2n) is 4.08. The Labute approximate surface area is 118 Å². The highest BCUT2D eigenvalue weighted by Gasteiger charge is 2.05. The number of para-hydroxylation sites is 1. The topological polar surface area (TPSA) is 65.0 Å². The van der Waals surface area contributed by atoms with Gasteiger partial charge in [-0.1, -0.05) is 24.8 Å². The van der Waals surface area contributed by atoms with Gasteiger partial charge in [0.2, 0.25) is 0 Å². The van der Waals surface area contributed by atoms with Crippen LogP contribution in [0.3, 0.4) is 0 Å². The molecule has 5 nitrogen and oxygen atoms in total. The van der Waals surface area contributed by atoms with Crippen LogP contribution in [0.4, 0.5) is 0 Å². The van der Waals surface area contributed by atoms with Crippen LogP contribution in [0.2, 0.25) is 0 Å². The number of carbonyl (C=O) groups excluding carboxylic acids is 1. The summed E-state index contributed by atoms with van der Waals surface area (Å²) in [6.07, 6.45) is 1.00. The van der Waals surface area contributed by atoms with Gasteiger partial charge in [-0.05, 0) is 12.1 Å². The van der Waals surface area contributed by atoms with Crippen LogP contribution in [0.1, 0.15) is 6.42 Å². The van der Waals surface area contributed by atoms with Gasteiger partial charge in [-0.15, -0.1) is 0 Å². The summed E-state index contributed by atoms with van der Waals surface area (Å²) in [7, 11) is 0. The molecule has 1 unspecified atom stereocenters. The summed E-state index contributed by atoms with van der Waals surface area (Å²) in [5, 5.41) is 9.64. The van der Waals surface area contributed by atoms with Gasteiger partial charge < -0.3 is 19.3 Å². The van der Waals surface area contributed by atoms with Crippen molar-refractivity contribution in [1.82, 2.24) is 0 Å². The highest BCUT2D eigenvalue weighted by atomic mass is 16.5. The summed E-state index contributed by atoms with van der Waals surface area (Å²) < 4.78 is 15.4. The molecule has 0 spiro atoms. The quantitative estimate of drug-likeness (QED) is 0.400. The molecule has 0 saturated carbocycles. The van der Waals surface area contributed by atoms with E-state index in [2.05, 4.69) is 6.58 Å². The fraction of sp³-hybridized carbons (Fsp3) is 0.400. The Morgan fingerprint density at radius 3 is 2.70 bits per heavy atom. The third-order valence-electron chi connectivity index (χ3n) is 2.34. The fourth-order valence-electron chi connectivity index (χ4n) is 1.37. The third-order valence-corrected chi connectivity index (χ3v) is 2.34. The molecule has 1 atom stereocenters. The van der Waals surface area contributed by atoms with Crippen LogP contribution in [0, 0.1) is 0 Å². The average Bonchev–Trinajstić information content (AvgIpc) is 2.49. The van der Waals surface area contributed by atoms with E-state index in [9.17, 15) is 9.90 Å². The van der Waals surface area contributed by atoms with Gasteiger partial charge in [-0.2, -0.15) is 0 Å². The molecule has 0 aromatic heterocycles. The summed E-state index contributed by atoms with van der Waals surface area (Å²) >= 11 is 0. The number of aliphatic hydroxyl groups excluding tert-OH is 1. The van der Waals surface area contributed by atoms with Gasteiger partial charge >= 0.3 is 5.97 Å². The minimum Gasteiger partial charge on any atom is -0.491 e. The molecule has 20 heavy (non-hydrogen) atoms. The summed E-state index contributed by atoms with van der Waals surface area (Å²) in [6.45, 7) is 4.34. The first-order chi connectivity index (χ1) is 9.72. The monoisotopic (exact) mass is 280 g/mol. The Kier molecular flexibility index (Phi) is 8.10. The Bertz CT molecular complexity index is 391. The van der Waals surface area contributed by atoms with Crippen LogP contribution in [0.25, 0.3) is 0 Å². The summed E-state index contributed by atoms with van der Waals surface area (Å²) in [5.41, 5.74) is 0.